The number of hydrogen-bond acceptors (Lipinski definition) is 21. The molecule has 0 aliphatic carbocycles. The molecule has 0 aromatic carbocycles. The van der Waals surface area contributed by atoms with Gasteiger partial charge in [0.25, 0.3) is 0 Å². The minimum absolute atomic E-state index is 0.208. The molecule has 2 aromatic heterocycles. The lowest BCUT2D eigenvalue weighted by Gasteiger charge is -2.27. The van der Waals surface area contributed by atoms with Crippen LogP contribution in [0.4, 0.5) is 35.7 Å². The lowest BCUT2D eigenvalue weighted by Crippen LogP contribution is -2.35. The van der Waals surface area contributed by atoms with Crippen LogP contribution in [0.3, 0.4) is 0 Å². The van der Waals surface area contributed by atoms with Crippen LogP contribution in [-0.2, 0) is 37.9 Å². The molecule has 2 rings (SSSR count). The topological polar surface area (TPSA) is 200 Å². The van der Waals surface area contributed by atoms with Crippen LogP contribution < -0.4 is 29.8 Å². The Labute approximate surface area is 295 Å². The number of rotatable bonds is 27. The molecule has 0 saturated carbocycles. The van der Waals surface area contributed by atoms with Crippen LogP contribution in [0.2, 0.25) is 0 Å². The van der Waals surface area contributed by atoms with E-state index >= 15 is 0 Å². The lowest BCUT2D eigenvalue weighted by molar-refractivity contribution is 0.136. The van der Waals surface area contributed by atoms with Gasteiger partial charge in [0.15, 0.2) is 0 Å². The van der Waals surface area contributed by atoms with E-state index in [2.05, 4.69) is 42.1 Å². The fraction of sp³-hybridized carbons (Fsp3) is 0.793. The molecule has 0 unspecified atom stereocenters. The lowest BCUT2D eigenvalue weighted by atomic mass is 10.4. The van der Waals surface area contributed by atoms with Crippen molar-refractivity contribution in [3.8, 4) is 0 Å². The van der Waals surface area contributed by atoms with E-state index in [0.717, 1.165) is 19.4 Å². The van der Waals surface area contributed by atoms with E-state index in [1.54, 1.807) is 81.4 Å². The smallest absolute Gasteiger partial charge is 0.235 e. The van der Waals surface area contributed by atoms with E-state index in [1.165, 1.54) is 0 Å². The van der Waals surface area contributed by atoms with Crippen molar-refractivity contribution in [3.05, 3.63) is 0 Å². The zero-order valence-corrected chi connectivity index (χ0v) is 31.3. The Hall–Kier alpha value is -3.54. The molecule has 0 saturated heterocycles. The summed E-state index contributed by atoms with van der Waals surface area (Å²) < 4.78 is 41.6. The Morgan fingerprint density at radius 2 is 0.720 bits per heavy atom. The molecule has 50 heavy (non-hydrogen) atoms. The van der Waals surface area contributed by atoms with Crippen molar-refractivity contribution in [2.75, 3.05) is 160 Å². The Morgan fingerprint density at radius 3 is 0.960 bits per heavy atom. The summed E-state index contributed by atoms with van der Waals surface area (Å²) in [6, 6.07) is 0. The molecule has 0 radical (unpaired) electrons. The van der Waals surface area contributed by atoms with Crippen molar-refractivity contribution in [3.63, 3.8) is 0 Å². The Morgan fingerprint density at radius 1 is 0.440 bits per heavy atom. The molecule has 0 aliphatic heterocycles. The minimum Gasteiger partial charge on any atom is -0.376 e. The van der Waals surface area contributed by atoms with E-state index in [-0.39, 0.29) is 33.7 Å². The van der Waals surface area contributed by atoms with Crippen molar-refractivity contribution >= 4 is 35.7 Å². The average molecular weight is 719 g/mol. The van der Waals surface area contributed by atoms with E-state index < -0.39 is 0 Å². The van der Waals surface area contributed by atoms with E-state index in [0.29, 0.717) is 69.2 Å². The monoisotopic (exact) mass is 718 g/mol. The molecule has 21 nitrogen and oxygen atoms in total. The number of aromatic nitrogens is 6. The van der Waals surface area contributed by atoms with E-state index in [4.69, 9.17) is 37.9 Å². The molecule has 2 N–H and O–H groups in total. The molecule has 0 fully saturated rings. The molecule has 0 bridgehead atoms. The summed E-state index contributed by atoms with van der Waals surface area (Å²) in [6.45, 7) is 7.33. The van der Waals surface area contributed by atoms with Crippen LogP contribution in [0.25, 0.3) is 0 Å². The number of ether oxygens (including phenoxy) is 8. The van der Waals surface area contributed by atoms with Gasteiger partial charge in [-0.15, -0.1) is 0 Å². The fourth-order valence-corrected chi connectivity index (χ4v) is 4.08. The first-order chi connectivity index (χ1) is 24.3. The first kappa shape index (κ1) is 44.5. The van der Waals surface area contributed by atoms with Gasteiger partial charge in [-0.05, 0) is 12.8 Å². The molecular formula is C29H58N12O9. The zero-order chi connectivity index (χ0) is 37.1. The van der Waals surface area contributed by atoms with Gasteiger partial charge in [-0.1, -0.05) is 13.8 Å². The van der Waals surface area contributed by atoms with Gasteiger partial charge in [0.1, 0.15) is 60.6 Å². The van der Waals surface area contributed by atoms with Gasteiger partial charge >= 0.3 is 0 Å². The second kappa shape index (κ2) is 27.2. The third-order valence-corrected chi connectivity index (χ3v) is 6.10. The first-order valence-electron chi connectivity index (χ1n) is 15.9. The van der Waals surface area contributed by atoms with Crippen LogP contribution in [0.5, 0.6) is 0 Å². The second-order valence-electron chi connectivity index (χ2n) is 10.3. The molecule has 0 spiro atoms. The molecule has 21 heteroatoms. The van der Waals surface area contributed by atoms with Gasteiger partial charge in [-0.3, -0.25) is 19.6 Å². The fourth-order valence-electron chi connectivity index (χ4n) is 4.08. The summed E-state index contributed by atoms with van der Waals surface area (Å²) in [5.74, 6) is 2.44. The predicted octanol–water partition coefficient (Wildman–Crippen LogP) is 0.788. The average Bonchev–Trinajstić information content (AvgIpc) is 3.12. The van der Waals surface area contributed by atoms with Crippen molar-refractivity contribution in [2.24, 2.45) is 0 Å². The standard InChI is InChI=1S/C15H30N6O5.C14H28N6O4/c1-6-7-19(8-22)13-16-14(20(9-23-2)10-24-3)18-15(17-13)21(11-25-4)12-26-5;1-6-7-15-12-16-13(19(8-21-2)9-22-3)18-14(17-12)20(10-23-4)11-24-5/h22H,6-12H2,1-5H3;6-11H2,1-5H3,(H,15,16,17,18). The Balaban J connectivity index is 0.000000502. The molecule has 2 heterocycles. The van der Waals surface area contributed by atoms with Gasteiger partial charge in [0, 0.05) is 70.0 Å². The molecule has 2 aromatic rings. The highest BCUT2D eigenvalue weighted by atomic mass is 16.5. The Bertz CT molecular complexity index is 1050. The van der Waals surface area contributed by atoms with Gasteiger partial charge < -0.3 is 53.2 Å². The number of anilines is 6. The largest absolute Gasteiger partial charge is 0.376 e. The number of methoxy groups -OCH3 is 8. The summed E-state index contributed by atoms with van der Waals surface area (Å²) in [4.78, 5) is 35.3. The van der Waals surface area contributed by atoms with Gasteiger partial charge in [0.05, 0.1) is 0 Å². The summed E-state index contributed by atoms with van der Waals surface area (Å²) >= 11 is 0. The quantitative estimate of drug-likeness (QED) is 0.123. The summed E-state index contributed by atoms with van der Waals surface area (Å²) in [7, 11) is 12.7. The third kappa shape index (κ3) is 15.6. The zero-order valence-electron chi connectivity index (χ0n) is 31.3. The molecular weight excluding hydrogens is 660 g/mol. The molecule has 0 aliphatic rings. The maximum Gasteiger partial charge on any atom is 0.235 e. The van der Waals surface area contributed by atoms with Gasteiger partial charge in [0.2, 0.25) is 35.7 Å². The normalized spacial score (nSPS) is 10.8. The second-order valence-corrected chi connectivity index (χ2v) is 10.3. The van der Waals surface area contributed by atoms with Crippen LogP contribution >= 0.6 is 0 Å². The van der Waals surface area contributed by atoms with Crippen molar-refractivity contribution in [2.45, 2.75) is 26.7 Å². The molecule has 0 amide bonds. The SMILES string of the molecule is CCCN(CO)c1nc(N(COC)COC)nc(N(COC)COC)n1.CCCNc1nc(N(COC)COC)nc(N(COC)COC)n1. The highest BCUT2D eigenvalue weighted by Crippen LogP contribution is 2.20. The third-order valence-electron chi connectivity index (χ3n) is 6.10. The predicted molar refractivity (Wildman–Crippen MR) is 188 cm³/mol. The molecule has 0 atom stereocenters. The van der Waals surface area contributed by atoms with Gasteiger partial charge in [-0.25, -0.2) is 0 Å². The van der Waals surface area contributed by atoms with Crippen molar-refractivity contribution in [1.82, 2.24) is 29.9 Å². The minimum atomic E-state index is -0.208. The number of nitrogens with zero attached hydrogens (tertiary/aromatic N) is 11. The maximum absolute atomic E-state index is 9.68. The van der Waals surface area contributed by atoms with Gasteiger partial charge in [-0.2, -0.15) is 29.9 Å². The summed E-state index contributed by atoms with van der Waals surface area (Å²) in [5, 5.41) is 12.9. The van der Waals surface area contributed by atoms with E-state index in [1.807, 2.05) is 6.92 Å². The molecule has 288 valence electrons. The number of hydrogen-bond donors (Lipinski definition) is 2. The van der Waals surface area contributed by atoms with Crippen molar-refractivity contribution < 1.29 is 43.0 Å². The summed E-state index contributed by atoms with van der Waals surface area (Å²) in [5.41, 5.74) is 0. The Kier molecular flexibility index (Phi) is 24.2. The highest BCUT2D eigenvalue weighted by Gasteiger charge is 2.21. The number of aliphatic hydroxyl groups excluding tert-OH is 1. The van der Waals surface area contributed by atoms with Crippen molar-refractivity contribution in [1.29, 1.82) is 0 Å². The number of nitrogens with one attached hydrogen (secondary N) is 1. The highest BCUT2D eigenvalue weighted by molar-refractivity contribution is 5.46. The number of aliphatic hydroxyl groups is 1. The van der Waals surface area contributed by atoms with Crippen LogP contribution in [-0.4, -0.2) is 166 Å². The van der Waals surface area contributed by atoms with E-state index in [9.17, 15) is 5.11 Å². The maximum atomic E-state index is 9.68. The van der Waals surface area contributed by atoms with Crippen LogP contribution in [0, 0.1) is 0 Å². The van der Waals surface area contributed by atoms with Crippen LogP contribution in [0.15, 0.2) is 0 Å². The first-order valence-corrected chi connectivity index (χ1v) is 15.9. The van der Waals surface area contributed by atoms with Crippen LogP contribution in [0.1, 0.15) is 26.7 Å². The summed E-state index contributed by atoms with van der Waals surface area (Å²) in [6.07, 6.45) is 1.78.